The SMILES string of the molecule is [Na+].[Na+].[O-]c1ccc(SO)cc1.[O-]c1ccc(SO)cc1. The maximum absolute atomic E-state index is 10.4. The summed E-state index contributed by atoms with van der Waals surface area (Å²) in [6, 6.07) is 12.0. The van der Waals surface area contributed by atoms with Gasteiger partial charge in [-0.2, -0.15) is 0 Å². The van der Waals surface area contributed by atoms with Crippen LogP contribution in [0.1, 0.15) is 0 Å². The van der Waals surface area contributed by atoms with Crippen LogP contribution in [0.15, 0.2) is 58.3 Å². The van der Waals surface area contributed by atoms with Gasteiger partial charge in [0.2, 0.25) is 0 Å². The van der Waals surface area contributed by atoms with Crippen molar-refractivity contribution in [3.05, 3.63) is 48.5 Å². The van der Waals surface area contributed by atoms with Crippen molar-refractivity contribution in [2.24, 2.45) is 0 Å². The molecule has 0 unspecified atom stereocenters. The molecule has 2 N–H and O–H groups in total. The normalized spacial score (nSPS) is 8.50. The molecule has 0 bridgehead atoms. The van der Waals surface area contributed by atoms with Crippen molar-refractivity contribution < 1.29 is 78.4 Å². The van der Waals surface area contributed by atoms with Crippen LogP contribution in [0, 0.1) is 0 Å². The zero-order valence-corrected chi connectivity index (χ0v) is 16.8. The van der Waals surface area contributed by atoms with Crippen LogP contribution in [0.4, 0.5) is 0 Å². The molecule has 0 aliphatic carbocycles. The third-order valence-corrected chi connectivity index (χ3v) is 2.82. The second-order valence-electron chi connectivity index (χ2n) is 3.13. The Bertz CT molecular complexity index is 420. The first-order valence-electron chi connectivity index (χ1n) is 4.82. The summed E-state index contributed by atoms with van der Waals surface area (Å²) in [4.78, 5) is 1.38. The predicted octanol–water partition coefficient (Wildman–Crippen LogP) is -3.34. The van der Waals surface area contributed by atoms with Gasteiger partial charge in [0.05, 0.1) is 0 Å². The monoisotopic (exact) mass is 328 g/mol. The second-order valence-corrected chi connectivity index (χ2v) is 4.43. The summed E-state index contributed by atoms with van der Waals surface area (Å²) >= 11 is 1.28. The van der Waals surface area contributed by atoms with Gasteiger partial charge in [-0.25, -0.2) is 0 Å². The second kappa shape index (κ2) is 13.3. The first-order valence-corrected chi connectivity index (χ1v) is 6.37. The maximum Gasteiger partial charge on any atom is 1.00 e. The molecule has 0 fully saturated rings. The van der Waals surface area contributed by atoms with Crippen LogP contribution in [-0.2, 0) is 0 Å². The van der Waals surface area contributed by atoms with Gasteiger partial charge in [-0.1, -0.05) is 24.3 Å². The van der Waals surface area contributed by atoms with Crippen LogP contribution in [0.5, 0.6) is 11.5 Å². The zero-order valence-electron chi connectivity index (χ0n) is 11.1. The molecule has 0 aliphatic heterocycles. The Morgan fingerprint density at radius 1 is 0.600 bits per heavy atom. The molecule has 20 heavy (non-hydrogen) atoms. The van der Waals surface area contributed by atoms with E-state index < -0.39 is 0 Å². The number of benzene rings is 2. The molecule has 2 rings (SSSR count). The smallest absolute Gasteiger partial charge is 0.872 e. The molecule has 0 amide bonds. The molecule has 4 nitrogen and oxygen atoms in total. The topological polar surface area (TPSA) is 86.6 Å². The minimum absolute atomic E-state index is 0. The van der Waals surface area contributed by atoms with E-state index in [0.29, 0.717) is 33.9 Å². The molecular formula is C12H10Na2O4S2. The van der Waals surface area contributed by atoms with Crippen LogP contribution in [0.3, 0.4) is 0 Å². The maximum atomic E-state index is 10.4. The van der Waals surface area contributed by atoms with E-state index in [2.05, 4.69) is 0 Å². The molecule has 2 aromatic carbocycles. The molecule has 0 aliphatic rings. The van der Waals surface area contributed by atoms with E-state index >= 15 is 0 Å². The number of hydrogen-bond acceptors (Lipinski definition) is 6. The third-order valence-electron chi connectivity index (χ3n) is 1.86. The fourth-order valence-electron chi connectivity index (χ4n) is 1.00. The van der Waals surface area contributed by atoms with E-state index in [4.69, 9.17) is 9.11 Å². The van der Waals surface area contributed by atoms with Crippen molar-refractivity contribution in [1.29, 1.82) is 0 Å². The summed E-state index contributed by atoms with van der Waals surface area (Å²) in [5.74, 6) is -0.0689. The number of rotatable bonds is 2. The molecule has 2 aromatic rings. The molecule has 0 radical (unpaired) electrons. The summed E-state index contributed by atoms with van der Waals surface area (Å²) in [6.45, 7) is 0. The van der Waals surface area contributed by atoms with Gasteiger partial charge in [0, 0.05) is 33.9 Å². The van der Waals surface area contributed by atoms with E-state index in [0.717, 1.165) is 0 Å². The summed E-state index contributed by atoms with van der Waals surface area (Å²) in [6.07, 6.45) is 0. The van der Waals surface area contributed by atoms with Crippen LogP contribution in [0.2, 0.25) is 0 Å². The van der Waals surface area contributed by atoms with Gasteiger partial charge >= 0.3 is 59.1 Å². The molecule has 0 aromatic heterocycles. The first kappa shape index (κ1) is 22.9. The van der Waals surface area contributed by atoms with Gasteiger partial charge in [-0.05, 0) is 24.3 Å². The van der Waals surface area contributed by atoms with Crippen molar-refractivity contribution in [3.63, 3.8) is 0 Å². The summed E-state index contributed by atoms with van der Waals surface area (Å²) < 4.78 is 16.9. The number of hydrogen-bond donors (Lipinski definition) is 2. The first-order chi connectivity index (χ1) is 8.65. The minimum Gasteiger partial charge on any atom is -0.872 e. The Labute approximate surface area is 170 Å². The molecular weight excluding hydrogens is 318 g/mol. The van der Waals surface area contributed by atoms with E-state index in [1.807, 2.05) is 0 Å². The van der Waals surface area contributed by atoms with Gasteiger partial charge in [0.15, 0.2) is 0 Å². The van der Waals surface area contributed by atoms with Gasteiger partial charge in [0.25, 0.3) is 0 Å². The summed E-state index contributed by atoms with van der Waals surface area (Å²) in [7, 11) is 0. The van der Waals surface area contributed by atoms with Crippen LogP contribution >= 0.6 is 24.1 Å². The molecule has 96 valence electrons. The van der Waals surface area contributed by atoms with E-state index in [-0.39, 0.29) is 70.6 Å². The molecule has 8 heteroatoms. The summed E-state index contributed by atoms with van der Waals surface area (Å²) in [5, 5.41) is 20.9. The van der Waals surface area contributed by atoms with Crippen LogP contribution < -0.4 is 69.3 Å². The third kappa shape index (κ3) is 9.57. The fraction of sp³-hybridized carbons (Fsp3) is 0. The Morgan fingerprint density at radius 3 is 1.05 bits per heavy atom. The Balaban J connectivity index is 0. The van der Waals surface area contributed by atoms with Gasteiger partial charge in [-0.3, -0.25) is 0 Å². The van der Waals surface area contributed by atoms with Crippen molar-refractivity contribution in [1.82, 2.24) is 0 Å². The quantitative estimate of drug-likeness (QED) is 0.443. The van der Waals surface area contributed by atoms with Crippen molar-refractivity contribution in [2.45, 2.75) is 9.79 Å². The van der Waals surface area contributed by atoms with Gasteiger partial charge < -0.3 is 19.3 Å². The van der Waals surface area contributed by atoms with Gasteiger partial charge in [0.1, 0.15) is 0 Å². The van der Waals surface area contributed by atoms with E-state index in [1.54, 1.807) is 24.3 Å². The van der Waals surface area contributed by atoms with Crippen molar-refractivity contribution >= 4 is 24.1 Å². The largest absolute Gasteiger partial charge is 1.00 e. The Kier molecular flexibility index (Phi) is 15.3. The van der Waals surface area contributed by atoms with Crippen LogP contribution in [-0.4, -0.2) is 9.11 Å². The van der Waals surface area contributed by atoms with Crippen molar-refractivity contribution in [2.75, 3.05) is 0 Å². The summed E-state index contributed by atoms with van der Waals surface area (Å²) in [5.41, 5.74) is 0. The molecule has 0 saturated carbocycles. The van der Waals surface area contributed by atoms with E-state index in [1.165, 1.54) is 24.3 Å². The fourth-order valence-corrected chi connectivity index (χ4v) is 1.52. The molecule has 0 saturated heterocycles. The Hall–Kier alpha value is 0.660. The van der Waals surface area contributed by atoms with Gasteiger partial charge in [-0.15, -0.1) is 11.5 Å². The molecule has 0 heterocycles. The standard InChI is InChI=1S/2C6H6O2S.2Na/c2*7-5-1-3-6(9-8)4-2-5;;/h2*1-4,7-8H;;/q;;2*+1/p-2. The average Bonchev–Trinajstić information content (AvgIpc) is 2.41. The van der Waals surface area contributed by atoms with Crippen molar-refractivity contribution in [3.8, 4) is 11.5 Å². The predicted molar refractivity (Wildman–Crippen MR) is 68.7 cm³/mol. The van der Waals surface area contributed by atoms with Crippen LogP contribution in [0.25, 0.3) is 0 Å². The molecule has 0 atom stereocenters. The van der Waals surface area contributed by atoms with E-state index in [9.17, 15) is 10.2 Å². The average molecular weight is 328 g/mol. The minimum atomic E-state index is -0.0344. The zero-order chi connectivity index (χ0) is 13.4. The molecule has 0 spiro atoms. The Morgan fingerprint density at radius 2 is 0.850 bits per heavy atom.